The molecule has 0 aliphatic heterocycles. The first kappa shape index (κ1) is 11.6. The number of allylic oxidation sites excluding steroid dienone is 2. The molecule has 0 aromatic heterocycles. The van der Waals surface area contributed by atoms with Crippen molar-refractivity contribution in [1.82, 2.24) is 0 Å². The monoisotopic (exact) mass is 262 g/mol. The highest BCUT2D eigenvalue weighted by Crippen LogP contribution is 2.29. The van der Waals surface area contributed by atoms with Crippen molar-refractivity contribution in [2.45, 2.75) is 15.8 Å². The molecule has 0 radical (unpaired) electrons. The maximum Gasteiger partial charge on any atom is 0.214 e. The van der Waals surface area contributed by atoms with Gasteiger partial charge in [0.15, 0.2) is 0 Å². The number of hydrogen-bond donors (Lipinski definition) is 0. The van der Waals surface area contributed by atoms with Gasteiger partial charge in [-0.25, -0.2) is 0 Å². The van der Waals surface area contributed by atoms with Crippen molar-refractivity contribution < 1.29 is 9.47 Å². The van der Waals surface area contributed by atoms with Crippen LogP contribution in [0.5, 0.6) is 0 Å². The molecule has 0 spiro atoms. The molecule has 6 heteroatoms. The van der Waals surface area contributed by atoms with Crippen molar-refractivity contribution in [2.75, 3.05) is 0 Å². The lowest BCUT2D eigenvalue weighted by molar-refractivity contribution is -0.161. The van der Waals surface area contributed by atoms with Crippen LogP contribution in [-0.4, -0.2) is 15.8 Å². The highest BCUT2D eigenvalue weighted by atomic mass is 35.5. The van der Waals surface area contributed by atoms with Gasteiger partial charge in [0, 0.05) is 0 Å². The number of hydrogen-bond acceptors (Lipinski definition) is 2. The van der Waals surface area contributed by atoms with E-state index < -0.39 is 15.8 Å². The third-order valence-corrected chi connectivity index (χ3v) is 1.67. The molecule has 74 valence electrons. The number of ether oxygens (including phenoxy) is 2. The van der Waals surface area contributed by atoms with E-state index in [1.807, 2.05) is 0 Å². The Morgan fingerprint density at radius 3 is 1.54 bits per heavy atom. The average molecular weight is 264 g/mol. The summed E-state index contributed by atoms with van der Waals surface area (Å²) in [5, 5.41) is -2.03. The lowest BCUT2D eigenvalue weighted by Gasteiger charge is -2.26. The number of rotatable bonds is 4. The molecule has 0 aromatic rings. The molecule has 0 aromatic carbocycles. The Balaban J connectivity index is 2.65. The van der Waals surface area contributed by atoms with Crippen molar-refractivity contribution in [1.29, 1.82) is 0 Å². The van der Waals surface area contributed by atoms with Gasteiger partial charge in [0.05, 0.1) is 0 Å². The van der Waals surface area contributed by atoms with Crippen LogP contribution in [0.2, 0.25) is 0 Å². The molecule has 0 unspecified atom stereocenters. The smallest absolute Gasteiger partial charge is 0.214 e. The summed E-state index contributed by atoms with van der Waals surface area (Å²) in [5.74, 6) is -1.15. The Bertz CT molecular complexity index is 201. The first-order valence-electron chi connectivity index (χ1n) is 3.33. The fourth-order valence-electron chi connectivity index (χ4n) is 0.898. The van der Waals surface area contributed by atoms with Crippen LogP contribution >= 0.6 is 46.4 Å². The normalized spacial score (nSPS) is 19.2. The van der Waals surface area contributed by atoms with Crippen molar-refractivity contribution >= 4 is 46.4 Å². The summed E-state index contributed by atoms with van der Waals surface area (Å²) in [6, 6.07) is 0. The van der Waals surface area contributed by atoms with Crippen molar-refractivity contribution in [3.05, 3.63) is 24.3 Å². The molecule has 0 N–H and O–H groups in total. The third-order valence-electron chi connectivity index (χ3n) is 1.31. The standard InChI is InChI=1S/C7H6Cl4O2/c8-5(9)12-7(13-6(10)11)3-1-2-4-7/h1-6H. The molecule has 13 heavy (non-hydrogen) atoms. The number of halogens is 4. The fraction of sp³-hybridized carbons (Fsp3) is 0.429. The van der Waals surface area contributed by atoms with Crippen LogP contribution in [0.25, 0.3) is 0 Å². The molecule has 1 aliphatic rings. The zero-order valence-corrected chi connectivity index (χ0v) is 9.32. The van der Waals surface area contributed by atoms with Gasteiger partial charge in [0.25, 0.3) is 0 Å². The highest BCUT2D eigenvalue weighted by molar-refractivity contribution is 6.43. The van der Waals surface area contributed by atoms with Crippen molar-refractivity contribution in [3.63, 3.8) is 0 Å². The maximum absolute atomic E-state index is 5.44. The average Bonchev–Trinajstić information content (AvgIpc) is 2.33. The number of alkyl halides is 4. The lowest BCUT2D eigenvalue weighted by Crippen LogP contribution is -2.33. The summed E-state index contributed by atoms with van der Waals surface area (Å²) < 4.78 is 10.2. The summed E-state index contributed by atoms with van der Waals surface area (Å²) in [5.41, 5.74) is 0. The largest absolute Gasteiger partial charge is 0.309 e. The minimum atomic E-state index is -1.15. The van der Waals surface area contributed by atoms with Crippen LogP contribution in [0.15, 0.2) is 24.3 Å². The minimum Gasteiger partial charge on any atom is -0.309 e. The van der Waals surface area contributed by atoms with Crippen molar-refractivity contribution in [2.24, 2.45) is 0 Å². The summed E-state index contributed by atoms with van der Waals surface area (Å²) in [4.78, 5) is 0. The predicted molar refractivity (Wildman–Crippen MR) is 54.2 cm³/mol. The Kier molecular flexibility index (Phi) is 4.36. The minimum absolute atomic E-state index is 1.01. The van der Waals surface area contributed by atoms with E-state index in [-0.39, 0.29) is 0 Å². The summed E-state index contributed by atoms with van der Waals surface area (Å²) >= 11 is 21.8. The van der Waals surface area contributed by atoms with E-state index >= 15 is 0 Å². The Morgan fingerprint density at radius 2 is 1.23 bits per heavy atom. The molecule has 0 bridgehead atoms. The highest BCUT2D eigenvalue weighted by Gasteiger charge is 2.32. The lowest BCUT2D eigenvalue weighted by atomic mass is 10.3. The van der Waals surface area contributed by atoms with E-state index in [4.69, 9.17) is 55.9 Å². The van der Waals surface area contributed by atoms with Gasteiger partial charge in [-0.2, -0.15) is 0 Å². The van der Waals surface area contributed by atoms with E-state index in [1.165, 1.54) is 0 Å². The van der Waals surface area contributed by atoms with Gasteiger partial charge in [-0.1, -0.05) is 58.6 Å². The fourth-order valence-corrected chi connectivity index (χ4v) is 1.46. The van der Waals surface area contributed by atoms with Gasteiger partial charge >= 0.3 is 0 Å². The zero-order valence-electron chi connectivity index (χ0n) is 6.29. The SMILES string of the molecule is ClC(Cl)OC1(OC(Cl)Cl)C=CC=C1. The molecule has 0 saturated carbocycles. The second-order valence-corrected chi connectivity index (χ2v) is 4.23. The van der Waals surface area contributed by atoms with Crippen LogP contribution in [0.3, 0.4) is 0 Å². The quantitative estimate of drug-likeness (QED) is 0.572. The molecule has 0 heterocycles. The van der Waals surface area contributed by atoms with Gasteiger partial charge in [-0.05, 0) is 12.2 Å². The van der Waals surface area contributed by atoms with Crippen LogP contribution in [0.4, 0.5) is 0 Å². The molecule has 1 rings (SSSR count). The van der Waals surface area contributed by atoms with Crippen LogP contribution in [-0.2, 0) is 9.47 Å². The van der Waals surface area contributed by atoms with E-state index in [1.54, 1.807) is 24.3 Å². The van der Waals surface area contributed by atoms with Crippen LogP contribution in [0.1, 0.15) is 0 Å². The van der Waals surface area contributed by atoms with E-state index in [9.17, 15) is 0 Å². The second kappa shape index (κ2) is 4.87. The van der Waals surface area contributed by atoms with Gasteiger partial charge in [0.2, 0.25) is 15.8 Å². The topological polar surface area (TPSA) is 18.5 Å². The second-order valence-electron chi connectivity index (χ2n) is 2.20. The maximum atomic E-state index is 5.44. The van der Waals surface area contributed by atoms with Gasteiger partial charge in [0.1, 0.15) is 0 Å². The Hall–Kier alpha value is 0.560. The molecule has 0 amide bonds. The summed E-state index contributed by atoms with van der Waals surface area (Å²) in [7, 11) is 0. The molecule has 1 aliphatic carbocycles. The molecule has 2 nitrogen and oxygen atoms in total. The Labute approximate surface area is 96.0 Å². The van der Waals surface area contributed by atoms with Crippen LogP contribution in [0, 0.1) is 0 Å². The molecule has 0 saturated heterocycles. The van der Waals surface area contributed by atoms with Gasteiger partial charge in [-0.15, -0.1) is 0 Å². The van der Waals surface area contributed by atoms with Crippen LogP contribution < -0.4 is 0 Å². The zero-order chi connectivity index (χ0) is 9.90. The molecular formula is C7H6Cl4O2. The summed E-state index contributed by atoms with van der Waals surface area (Å²) in [6.45, 7) is 0. The summed E-state index contributed by atoms with van der Waals surface area (Å²) in [6.07, 6.45) is 6.63. The molecule has 0 atom stereocenters. The van der Waals surface area contributed by atoms with E-state index in [2.05, 4.69) is 0 Å². The first-order valence-corrected chi connectivity index (χ1v) is 5.08. The van der Waals surface area contributed by atoms with E-state index in [0.717, 1.165) is 0 Å². The van der Waals surface area contributed by atoms with Gasteiger partial charge < -0.3 is 9.47 Å². The van der Waals surface area contributed by atoms with E-state index in [0.29, 0.717) is 0 Å². The Morgan fingerprint density at radius 1 is 0.846 bits per heavy atom. The first-order chi connectivity index (χ1) is 6.04. The van der Waals surface area contributed by atoms with Crippen molar-refractivity contribution in [3.8, 4) is 0 Å². The molecular weight excluding hydrogens is 258 g/mol. The molecule has 0 fully saturated rings. The van der Waals surface area contributed by atoms with Gasteiger partial charge in [-0.3, -0.25) is 0 Å². The predicted octanol–water partition coefficient (Wildman–Crippen LogP) is 3.36. The third kappa shape index (κ3) is 3.66.